The number of carbonyl (C=O) groups is 1. The van der Waals surface area contributed by atoms with Gasteiger partial charge >= 0.3 is 5.97 Å². The van der Waals surface area contributed by atoms with Gasteiger partial charge in [-0.25, -0.2) is 4.39 Å². The lowest BCUT2D eigenvalue weighted by molar-refractivity contribution is -0.138. The number of hydrogen-bond acceptors (Lipinski definition) is 1. The summed E-state index contributed by atoms with van der Waals surface area (Å²) in [4.78, 5) is 10.6. The van der Waals surface area contributed by atoms with Crippen molar-refractivity contribution in [2.24, 2.45) is 0 Å². The van der Waals surface area contributed by atoms with Gasteiger partial charge < -0.3 is 5.11 Å². The first-order valence-corrected chi connectivity index (χ1v) is 4.08. The second-order valence-corrected chi connectivity index (χ2v) is 3.13. The van der Waals surface area contributed by atoms with Gasteiger partial charge in [0.05, 0.1) is 5.92 Å². The first kappa shape index (κ1) is 9.99. The van der Waals surface area contributed by atoms with E-state index in [1.165, 1.54) is 19.1 Å². The van der Waals surface area contributed by atoms with Crippen LogP contribution in [0.1, 0.15) is 18.4 Å². The molecule has 13 heavy (non-hydrogen) atoms. The van der Waals surface area contributed by atoms with Crippen molar-refractivity contribution >= 4 is 17.6 Å². The number of carboxylic acids is 1. The number of hydrogen-bond donors (Lipinski definition) is 1. The van der Waals surface area contributed by atoms with Crippen molar-refractivity contribution in [2.45, 2.75) is 12.8 Å². The lowest BCUT2D eigenvalue weighted by atomic mass is 10.0. The molecule has 70 valence electrons. The van der Waals surface area contributed by atoms with Crippen LogP contribution >= 0.6 is 11.6 Å². The Balaban J connectivity index is 3.08. The van der Waals surface area contributed by atoms with Crippen molar-refractivity contribution in [2.75, 3.05) is 0 Å². The average molecular weight is 203 g/mol. The first-order valence-electron chi connectivity index (χ1n) is 3.70. The molecule has 0 saturated heterocycles. The molecule has 0 amide bonds. The highest BCUT2D eigenvalue weighted by Crippen LogP contribution is 2.25. The molecule has 0 saturated carbocycles. The average Bonchev–Trinajstić information content (AvgIpc) is 2.03. The van der Waals surface area contributed by atoms with Crippen LogP contribution in [0.4, 0.5) is 4.39 Å². The summed E-state index contributed by atoms with van der Waals surface area (Å²) in [5, 5.41) is 8.82. The van der Waals surface area contributed by atoms with Gasteiger partial charge in [0.25, 0.3) is 0 Å². The van der Waals surface area contributed by atoms with Gasteiger partial charge in [-0.15, -0.1) is 0 Å². The van der Waals surface area contributed by atoms with Gasteiger partial charge in [-0.2, -0.15) is 0 Å². The monoisotopic (exact) mass is 202 g/mol. The molecule has 1 unspecified atom stereocenters. The Morgan fingerprint density at radius 1 is 1.62 bits per heavy atom. The second-order valence-electron chi connectivity index (χ2n) is 2.73. The molecule has 1 aromatic carbocycles. The molecule has 0 aliphatic rings. The second kappa shape index (κ2) is 3.75. The third-order valence-corrected chi connectivity index (χ3v) is 2.13. The van der Waals surface area contributed by atoms with E-state index in [2.05, 4.69) is 0 Å². The van der Waals surface area contributed by atoms with Gasteiger partial charge in [0.2, 0.25) is 0 Å². The molecule has 0 spiro atoms. The third kappa shape index (κ3) is 2.18. The zero-order valence-corrected chi connectivity index (χ0v) is 7.68. The zero-order valence-electron chi connectivity index (χ0n) is 6.92. The fourth-order valence-corrected chi connectivity index (χ4v) is 1.32. The van der Waals surface area contributed by atoms with E-state index >= 15 is 0 Å². The molecule has 4 heteroatoms. The molecule has 1 aromatic rings. The highest BCUT2D eigenvalue weighted by atomic mass is 35.5. The van der Waals surface area contributed by atoms with E-state index in [1.807, 2.05) is 0 Å². The Kier molecular flexibility index (Phi) is 2.88. The summed E-state index contributed by atoms with van der Waals surface area (Å²) in [5.74, 6) is -2.16. The maximum atomic E-state index is 12.6. The largest absolute Gasteiger partial charge is 0.481 e. The molecule has 0 fully saturated rings. The van der Waals surface area contributed by atoms with E-state index in [4.69, 9.17) is 16.7 Å². The summed E-state index contributed by atoms with van der Waals surface area (Å²) in [6.45, 7) is 1.50. The van der Waals surface area contributed by atoms with E-state index in [1.54, 1.807) is 0 Å². The van der Waals surface area contributed by atoms with Crippen molar-refractivity contribution in [3.8, 4) is 0 Å². The lowest BCUT2D eigenvalue weighted by Gasteiger charge is -2.08. The normalized spacial score (nSPS) is 12.5. The van der Waals surface area contributed by atoms with E-state index < -0.39 is 17.7 Å². The standard InChI is InChI=1S/C9H8ClFO2/c1-5(9(12)13)7-3-2-6(11)4-8(7)10/h2-5H,1H3,(H,12,13). The van der Waals surface area contributed by atoms with Crippen LogP contribution in [0.3, 0.4) is 0 Å². The lowest BCUT2D eigenvalue weighted by Crippen LogP contribution is -2.07. The van der Waals surface area contributed by atoms with Crippen molar-refractivity contribution in [3.63, 3.8) is 0 Å². The summed E-state index contributed by atoms with van der Waals surface area (Å²) in [6, 6.07) is 3.69. The van der Waals surface area contributed by atoms with Crippen LogP contribution in [0.15, 0.2) is 18.2 Å². The van der Waals surface area contributed by atoms with Crippen LogP contribution in [0.5, 0.6) is 0 Å². The molecule has 0 heterocycles. The molecule has 1 atom stereocenters. The fraction of sp³-hybridized carbons (Fsp3) is 0.222. The zero-order chi connectivity index (χ0) is 10.0. The number of benzene rings is 1. The molecule has 1 N–H and O–H groups in total. The van der Waals surface area contributed by atoms with Gasteiger partial charge in [-0.05, 0) is 24.6 Å². The van der Waals surface area contributed by atoms with Gasteiger partial charge in [0, 0.05) is 5.02 Å². The van der Waals surface area contributed by atoms with Gasteiger partial charge in [-0.3, -0.25) is 4.79 Å². The Bertz CT molecular complexity index is 338. The molecule has 1 rings (SSSR count). The maximum Gasteiger partial charge on any atom is 0.310 e. The van der Waals surface area contributed by atoms with E-state index in [-0.39, 0.29) is 5.02 Å². The number of aliphatic carboxylic acids is 1. The van der Waals surface area contributed by atoms with Gasteiger partial charge in [0.15, 0.2) is 0 Å². The summed E-state index contributed by atoms with van der Waals surface area (Å²) in [5.41, 5.74) is 0.426. The maximum absolute atomic E-state index is 12.6. The van der Waals surface area contributed by atoms with Crippen LogP contribution in [0, 0.1) is 5.82 Å². The molecule has 0 bridgehead atoms. The smallest absolute Gasteiger partial charge is 0.310 e. The van der Waals surface area contributed by atoms with Crippen molar-refractivity contribution < 1.29 is 14.3 Å². The van der Waals surface area contributed by atoms with Crippen molar-refractivity contribution in [1.82, 2.24) is 0 Å². The Morgan fingerprint density at radius 3 is 2.69 bits per heavy atom. The predicted molar refractivity (Wildman–Crippen MR) is 47.5 cm³/mol. The van der Waals surface area contributed by atoms with Crippen LogP contribution < -0.4 is 0 Å². The molecular formula is C9H8ClFO2. The minimum atomic E-state index is -0.978. The molecule has 2 nitrogen and oxygen atoms in total. The minimum Gasteiger partial charge on any atom is -0.481 e. The van der Waals surface area contributed by atoms with Crippen LogP contribution in [0.2, 0.25) is 5.02 Å². The summed E-state index contributed by atoms with van der Waals surface area (Å²) in [6.07, 6.45) is 0. The van der Waals surface area contributed by atoms with Crippen molar-refractivity contribution in [1.29, 1.82) is 0 Å². The quantitative estimate of drug-likeness (QED) is 0.801. The predicted octanol–water partition coefficient (Wildman–Crippen LogP) is 2.67. The topological polar surface area (TPSA) is 37.3 Å². The highest BCUT2D eigenvalue weighted by molar-refractivity contribution is 6.31. The number of halogens is 2. The first-order chi connectivity index (χ1) is 6.02. The Morgan fingerprint density at radius 2 is 2.23 bits per heavy atom. The molecular weight excluding hydrogens is 195 g/mol. The summed E-state index contributed by atoms with van der Waals surface area (Å²) >= 11 is 5.67. The van der Waals surface area contributed by atoms with Gasteiger partial charge in [-0.1, -0.05) is 17.7 Å². The molecule has 0 aliphatic carbocycles. The number of rotatable bonds is 2. The van der Waals surface area contributed by atoms with E-state index in [0.717, 1.165) is 6.07 Å². The van der Waals surface area contributed by atoms with E-state index in [0.29, 0.717) is 5.56 Å². The van der Waals surface area contributed by atoms with Gasteiger partial charge in [0.1, 0.15) is 5.82 Å². The van der Waals surface area contributed by atoms with Crippen molar-refractivity contribution in [3.05, 3.63) is 34.6 Å². The highest BCUT2D eigenvalue weighted by Gasteiger charge is 2.16. The minimum absolute atomic E-state index is 0.148. The van der Waals surface area contributed by atoms with Crippen LogP contribution in [-0.2, 0) is 4.79 Å². The molecule has 0 aromatic heterocycles. The van der Waals surface area contributed by atoms with Crippen LogP contribution in [0.25, 0.3) is 0 Å². The summed E-state index contributed by atoms with van der Waals surface area (Å²) in [7, 11) is 0. The summed E-state index contributed by atoms with van der Waals surface area (Å²) < 4.78 is 12.6. The van der Waals surface area contributed by atoms with Crippen LogP contribution in [-0.4, -0.2) is 11.1 Å². The SMILES string of the molecule is CC(C(=O)O)c1ccc(F)cc1Cl. The fourth-order valence-electron chi connectivity index (χ4n) is 0.986. The molecule has 0 aliphatic heterocycles. The third-order valence-electron chi connectivity index (χ3n) is 1.80. The number of carboxylic acid groups (broad SMARTS) is 1. The Labute approximate surface area is 80.0 Å². The molecule has 0 radical (unpaired) electrons. The Hall–Kier alpha value is -1.09. The van der Waals surface area contributed by atoms with E-state index in [9.17, 15) is 9.18 Å².